The molecule has 1 aromatic carbocycles. The average molecular weight is 343 g/mol. The van der Waals surface area contributed by atoms with Crippen molar-refractivity contribution in [2.45, 2.75) is 46.1 Å². The lowest BCUT2D eigenvalue weighted by Crippen LogP contribution is -2.23. The van der Waals surface area contributed by atoms with Crippen LogP contribution in [0, 0.1) is 6.92 Å². The fraction of sp³-hybridized carbons (Fsp3) is 0.412. The van der Waals surface area contributed by atoms with Crippen molar-refractivity contribution in [1.82, 2.24) is 25.1 Å². The summed E-state index contributed by atoms with van der Waals surface area (Å²) in [6.45, 7) is 6.73. The highest BCUT2D eigenvalue weighted by Crippen LogP contribution is 2.19. The highest BCUT2D eigenvalue weighted by Gasteiger charge is 2.14. The third-order valence-electron chi connectivity index (χ3n) is 3.75. The molecule has 0 aliphatic rings. The Hall–Kier alpha value is -2.28. The van der Waals surface area contributed by atoms with Gasteiger partial charge in [-0.05, 0) is 12.5 Å². The van der Waals surface area contributed by atoms with Gasteiger partial charge in [-0.2, -0.15) is 9.61 Å². The van der Waals surface area contributed by atoms with Gasteiger partial charge in [0.25, 0.3) is 0 Å². The summed E-state index contributed by atoms with van der Waals surface area (Å²) in [7, 11) is 0. The predicted octanol–water partition coefficient (Wildman–Crippen LogP) is 2.87. The quantitative estimate of drug-likeness (QED) is 0.747. The zero-order valence-corrected chi connectivity index (χ0v) is 14.9. The van der Waals surface area contributed by atoms with Crippen molar-refractivity contribution in [1.29, 1.82) is 0 Å². The number of hydrogen-bond acceptors (Lipinski definition) is 5. The topological polar surface area (TPSA) is 72.2 Å². The van der Waals surface area contributed by atoms with Crippen LogP contribution in [-0.2, 0) is 17.8 Å². The van der Waals surface area contributed by atoms with Crippen LogP contribution in [-0.4, -0.2) is 25.7 Å². The lowest BCUT2D eigenvalue weighted by molar-refractivity contribution is -0.121. The van der Waals surface area contributed by atoms with Crippen molar-refractivity contribution in [3.63, 3.8) is 0 Å². The fourth-order valence-corrected chi connectivity index (χ4v) is 3.19. The third kappa shape index (κ3) is 3.79. The van der Waals surface area contributed by atoms with Crippen LogP contribution in [0.25, 0.3) is 4.96 Å². The summed E-state index contributed by atoms with van der Waals surface area (Å²) in [6, 6.07) is 8.16. The number of carbonyl (C=O) groups excluding carboxylic acids is 1. The van der Waals surface area contributed by atoms with Crippen LogP contribution in [0.1, 0.15) is 48.1 Å². The summed E-state index contributed by atoms with van der Waals surface area (Å²) >= 11 is 1.49. The van der Waals surface area contributed by atoms with E-state index in [2.05, 4.69) is 34.5 Å². The van der Waals surface area contributed by atoms with E-state index in [0.717, 1.165) is 21.4 Å². The number of amides is 1. The second-order valence-corrected chi connectivity index (χ2v) is 7.21. The van der Waals surface area contributed by atoms with Crippen LogP contribution >= 0.6 is 11.3 Å². The molecule has 0 unspecified atom stereocenters. The van der Waals surface area contributed by atoms with Gasteiger partial charge in [0.15, 0.2) is 5.82 Å². The smallest absolute Gasteiger partial charge is 0.234 e. The van der Waals surface area contributed by atoms with Crippen LogP contribution in [0.4, 0.5) is 0 Å². The van der Waals surface area contributed by atoms with Gasteiger partial charge in [0.2, 0.25) is 10.9 Å². The number of hydrogen-bond donors (Lipinski definition) is 1. The van der Waals surface area contributed by atoms with E-state index in [0.29, 0.717) is 19.4 Å². The number of fused-ring (bicyclic) bond motifs is 1. The number of rotatable bonds is 6. The molecule has 2 heterocycles. The molecule has 0 aliphatic heterocycles. The third-order valence-corrected chi connectivity index (χ3v) is 4.71. The Morgan fingerprint density at radius 3 is 2.71 bits per heavy atom. The molecule has 6 nitrogen and oxygen atoms in total. The van der Waals surface area contributed by atoms with Crippen LogP contribution < -0.4 is 5.32 Å². The molecule has 0 atom stereocenters. The van der Waals surface area contributed by atoms with E-state index in [4.69, 9.17) is 0 Å². The first kappa shape index (κ1) is 16.6. The molecule has 7 heteroatoms. The Kier molecular flexibility index (Phi) is 4.89. The molecule has 0 bridgehead atoms. The molecule has 0 saturated heterocycles. The number of benzene rings is 1. The van der Waals surface area contributed by atoms with Crippen molar-refractivity contribution in [3.8, 4) is 0 Å². The maximum atomic E-state index is 12.0. The van der Waals surface area contributed by atoms with Gasteiger partial charge in [0.05, 0.1) is 0 Å². The summed E-state index contributed by atoms with van der Waals surface area (Å²) in [5.74, 6) is 1.16. The Morgan fingerprint density at radius 1 is 1.25 bits per heavy atom. The molecule has 0 aliphatic carbocycles. The molecular weight excluding hydrogens is 322 g/mol. The normalized spacial score (nSPS) is 11.3. The van der Waals surface area contributed by atoms with Crippen molar-refractivity contribution in [2.24, 2.45) is 0 Å². The number of nitrogens with one attached hydrogen (secondary N) is 1. The van der Waals surface area contributed by atoms with Crippen molar-refractivity contribution < 1.29 is 4.79 Å². The minimum Gasteiger partial charge on any atom is -0.352 e. The number of nitrogens with zero attached hydrogens (tertiary/aromatic N) is 4. The van der Waals surface area contributed by atoms with Gasteiger partial charge in [-0.3, -0.25) is 4.79 Å². The van der Waals surface area contributed by atoms with Gasteiger partial charge in [-0.15, -0.1) is 10.2 Å². The van der Waals surface area contributed by atoms with Crippen molar-refractivity contribution in [3.05, 3.63) is 46.2 Å². The lowest BCUT2D eigenvalue weighted by Gasteiger charge is -2.05. The van der Waals surface area contributed by atoms with Crippen LogP contribution in [0.3, 0.4) is 0 Å². The largest absolute Gasteiger partial charge is 0.352 e. The molecule has 0 fully saturated rings. The summed E-state index contributed by atoms with van der Waals surface area (Å²) in [5.41, 5.74) is 2.32. The van der Waals surface area contributed by atoms with Gasteiger partial charge in [0, 0.05) is 25.3 Å². The van der Waals surface area contributed by atoms with E-state index < -0.39 is 0 Å². The molecule has 0 spiro atoms. The molecule has 1 amide bonds. The molecule has 0 saturated carbocycles. The summed E-state index contributed by atoms with van der Waals surface area (Å²) in [4.78, 5) is 12.8. The van der Waals surface area contributed by atoms with Gasteiger partial charge in [-0.1, -0.05) is 55.0 Å². The molecule has 24 heavy (non-hydrogen) atoms. The summed E-state index contributed by atoms with van der Waals surface area (Å²) in [5, 5.41) is 16.7. The number of carbonyl (C=O) groups is 1. The first-order valence-corrected chi connectivity index (χ1v) is 8.88. The van der Waals surface area contributed by atoms with E-state index in [1.807, 2.05) is 31.2 Å². The fourth-order valence-electron chi connectivity index (χ4n) is 2.35. The first-order valence-electron chi connectivity index (χ1n) is 8.06. The highest BCUT2D eigenvalue weighted by molar-refractivity contribution is 7.16. The molecule has 1 N–H and O–H groups in total. The van der Waals surface area contributed by atoms with Gasteiger partial charge in [0.1, 0.15) is 5.01 Å². The molecule has 0 radical (unpaired) electrons. The Balaban J connectivity index is 1.53. The van der Waals surface area contributed by atoms with E-state index >= 15 is 0 Å². The van der Waals surface area contributed by atoms with Crippen LogP contribution in [0.2, 0.25) is 0 Å². The molecule has 3 aromatic rings. The SMILES string of the molecule is Cc1ccc(CNC(=O)CCc2nn3c(C(C)C)nnc3s2)cc1. The first-order chi connectivity index (χ1) is 11.5. The monoisotopic (exact) mass is 343 g/mol. The molecule has 3 rings (SSSR count). The van der Waals surface area contributed by atoms with Gasteiger partial charge in [-0.25, -0.2) is 0 Å². The zero-order chi connectivity index (χ0) is 17.1. The van der Waals surface area contributed by atoms with E-state index in [1.165, 1.54) is 16.9 Å². The van der Waals surface area contributed by atoms with Gasteiger partial charge < -0.3 is 5.32 Å². The van der Waals surface area contributed by atoms with E-state index in [9.17, 15) is 4.79 Å². The Labute approximate surface area is 144 Å². The summed E-state index contributed by atoms with van der Waals surface area (Å²) < 4.78 is 1.79. The maximum Gasteiger partial charge on any atom is 0.234 e. The van der Waals surface area contributed by atoms with E-state index in [1.54, 1.807) is 4.52 Å². The molecular formula is C17H21N5OS. The minimum absolute atomic E-state index is 0.0330. The second kappa shape index (κ2) is 7.09. The second-order valence-electron chi connectivity index (χ2n) is 6.17. The lowest BCUT2D eigenvalue weighted by atomic mass is 10.1. The van der Waals surface area contributed by atoms with Crippen molar-refractivity contribution >= 4 is 22.2 Å². The Bertz CT molecular complexity index is 834. The molecule has 126 valence electrons. The zero-order valence-electron chi connectivity index (χ0n) is 14.1. The molecule has 2 aromatic heterocycles. The van der Waals surface area contributed by atoms with E-state index in [-0.39, 0.29) is 11.8 Å². The number of aromatic nitrogens is 4. The predicted molar refractivity (Wildman–Crippen MR) is 94.1 cm³/mol. The van der Waals surface area contributed by atoms with Crippen LogP contribution in [0.5, 0.6) is 0 Å². The van der Waals surface area contributed by atoms with Crippen LogP contribution in [0.15, 0.2) is 24.3 Å². The maximum absolute atomic E-state index is 12.0. The standard InChI is InChI=1S/C17H21N5OS/c1-11(2)16-19-20-17-22(16)21-15(24-17)9-8-14(23)18-10-13-6-4-12(3)5-7-13/h4-7,11H,8-10H2,1-3H3,(H,18,23). The number of aryl methyl sites for hydroxylation is 2. The van der Waals surface area contributed by atoms with Gasteiger partial charge >= 0.3 is 0 Å². The summed E-state index contributed by atoms with van der Waals surface area (Å²) in [6.07, 6.45) is 1.04. The average Bonchev–Trinajstić information content (AvgIpc) is 3.12. The highest BCUT2D eigenvalue weighted by atomic mass is 32.1. The minimum atomic E-state index is 0.0330. The van der Waals surface area contributed by atoms with Crippen molar-refractivity contribution in [2.75, 3.05) is 0 Å². The Morgan fingerprint density at radius 2 is 2.00 bits per heavy atom.